The first-order valence-corrected chi connectivity index (χ1v) is 6.50. The Balaban J connectivity index is 2.69. The summed E-state index contributed by atoms with van der Waals surface area (Å²) < 4.78 is 0. The van der Waals surface area contributed by atoms with Gasteiger partial charge in [0.05, 0.1) is 0 Å². The maximum Gasteiger partial charge on any atom is 0.194 e. The van der Waals surface area contributed by atoms with E-state index in [0.29, 0.717) is 5.57 Å². The van der Waals surface area contributed by atoms with Gasteiger partial charge in [0.25, 0.3) is 0 Å². The van der Waals surface area contributed by atoms with E-state index in [9.17, 15) is 4.79 Å². The molecule has 0 N–H and O–H groups in total. The molecule has 1 aliphatic carbocycles. The van der Waals surface area contributed by atoms with Crippen LogP contribution in [0.2, 0.25) is 0 Å². The number of ketones is 1. The van der Waals surface area contributed by atoms with Gasteiger partial charge in [0.2, 0.25) is 0 Å². The second-order valence-electron chi connectivity index (χ2n) is 4.57. The predicted octanol–water partition coefficient (Wildman–Crippen LogP) is 4.52. The molecule has 1 heteroatoms. The van der Waals surface area contributed by atoms with Crippen molar-refractivity contribution in [3.63, 3.8) is 0 Å². The maximum atomic E-state index is 12.6. The van der Waals surface area contributed by atoms with Gasteiger partial charge in [-0.05, 0) is 41.7 Å². The minimum absolute atomic E-state index is 0.0608. The quantitative estimate of drug-likeness (QED) is 0.771. The molecular weight excluding hydrogens is 232 g/mol. The van der Waals surface area contributed by atoms with Crippen LogP contribution >= 0.6 is 0 Å². The maximum absolute atomic E-state index is 12.6. The van der Waals surface area contributed by atoms with Crippen LogP contribution in [0.5, 0.6) is 0 Å². The molecule has 0 saturated heterocycles. The second-order valence-corrected chi connectivity index (χ2v) is 4.57. The Morgan fingerprint density at radius 3 is 2.53 bits per heavy atom. The molecule has 1 aliphatic rings. The summed E-state index contributed by atoms with van der Waals surface area (Å²) in [5.74, 6) is 0.0608. The largest absolute Gasteiger partial charge is 0.289 e. The Kier molecular flexibility index (Phi) is 3.66. The molecular formula is C18H18O. The fourth-order valence-electron chi connectivity index (χ4n) is 2.40. The lowest BCUT2D eigenvalue weighted by Crippen LogP contribution is -2.14. The summed E-state index contributed by atoms with van der Waals surface area (Å²) in [6.45, 7) is 11.9. The Morgan fingerprint density at radius 1 is 1.21 bits per heavy atom. The molecule has 0 unspecified atom stereocenters. The summed E-state index contributed by atoms with van der Waals surface area (Å²) in [4.78, 5) is 12.6. The Labute approximate surface area is 114 Å². The topological polar surface area (TPSA) is 17.1 Å². The minimum atomic E-state index is 0.0608. The van der Waals surface area contributed by atoms with E-state index in [0.717, 1.165) is 28.7 Å². The van der Waals surface area contributed by atoms with E-state index in [2.05, 4.69) is 26.1 Å². The molecule has 96 valence electrons. The van der Waals surface area contributed by atoms with Crippen LogP contribution in [-0.2, 0) is 6.42 Å². The number of rotatable bonds is 3. The van der Waals surface area contributed by atoms with E-state index in [1.807, 2.05) is 31.2 Å². The molecule has 0 heterocycles. The van der Waals surface area contributed by atoms with Crippen LogP contribution in [0.25, 0.3) is 5.57 Å². The SMILES string of the molecule is C=CC1=C(/C=C\C)C(=O)c2cc(CC)ccc2C1=C. The first-order valence-electron chi connectivity index (χ1n) is 6.50. The number of fused-ring (bicyclic) bond motifs is 1. The van der Waals surface area contributed by atoms with E-state index in [1.54, 1.807) is 6.08 Å². The molecule has 1 nitrogen and oxygen atoms in total. The van der Waals surface area contributed by atoms with Gasteiger partial charge in [-0.25, -0.2) is 0 Å². The molecule has 1 aromatic rings. The highest BCUT2D eigenvalue weighted by atomic mass is 16.1. The van der Waals surface area contributed by atoms with Crippen LogP contribution in [0.3, 0.4) is 0 Å². The smallest absolute Gasteiger partial charge is 0.194 e. The average Bonchev–Trinajstić information content (AvgIpc) is 2.44. The highest BCUT2D eigenvalue weighted by molar-refractivity contribution is 6.19. The summed E-state index contributed by atoms with van der Waals surface area (Å²) >= 11 is 0. The number of allylic oxidation sites excluding steroid dienone is 6. The van der Waals surface area contributed by atoms with E-state index >= 15 is 0 Å². The molecule has 0 fully saturated rings. The predicted molar refractivity (Wildman–Crippen MR) is 81.2 cm³/mol. The van der Waals surface area contributed by atoms with Crippen LogP contribution < -0.4 is 0 Å². The fourth-order valence-corrected chi connectivity index (χ4v) is 2.40. The van der Waals surface area contributed by atoms with E-state index in [1.165, 1.54) is 5.56 Å². The molecule has 0 aliphatic heterocycles. The fraction of sp³-hybridized carbons (Fsp3) is 0.167. The molecule has 0 radical (unpaired) electrons. The third kappa shape index (κ3) is 2.12. The standard InChI is InChI=1S/C18H18O/c1-5-8-16-14(7-3)12(4)15-10-9-13(6-2)11-17(15)18(16)19/h5,7-11H,3-4,6H2,1-2H3/b8-5-. The van der Waals surface area contributed by atoms with Crippen molar-refractivity contribution >= 4 is 11.4 Å². The Morgan fingerprint density at radius 2 is 1.95 bits per heavy atom. The van der Waals surface area contributed by atoms with Gasteiger partial charge in [-0.3, -0.25) is 4.79 Å². The van der Waals surface area contributed by atoms with Gasteiger partial charge in [0.15, 0.2) is 5.78 Å². The average molecular weight is 250 g/mol. The molecule has 0 aromatic heterocycles. The molecule has 0 atom stereocenters. The lowest BCUT2D eigenvalue weighted by Gasteiger charge is -2.21. The Hall–Kier alpha value is -2.15. The highest BCUT2D eigenvalue weighted by Gasteiger charge is 2.25. The van der Waals surface area contributed by atoms with Gasteiger partial charge < -0.3 is 0 Å². The van der Waals surface area contributed by atoms with E-state index < -0.39 is 0 Å². The monoisotopic (exact) mass is 250 g/mol. The van der Waals surface area contributed by atoms with Crippen LogP contribution in [0, 0.1) is 0 Å². The van der Waals surface area contributed by atoms with Crippen LogP contribution in [0.1, 0.15) is 35.3 Å². The van der Waals surface area contributed by atoms with Gasteiger partial charge in [0, 0.05) is 11.1 Å². The number of hydrogen-bond donors (Lipinski definition) is 0. The van der Waals surface area contributed by atoms with E-state index in [-0.39, 0.29) is 5.78 Å². The van der Waals surface area contributed by atoms with Gasteiger partial charge in [-0.15, -0.1) is 0 Å². The summed E-state index contributed by atoms with van der Waals surface area (Å²) in [5.41, 5.74) is 5.23. The summed E-state index contributed by atoms with van der Waals surface area (Å²) in [5, 5.41) is 0. The minimum Gasteiger partial charge on any atom is -0.289 e. The van der Waals surface area contributed by atoms with Crippen molar-refractivity contribution in [3.8, 4) is 0 Å². The van der Waals surface area contributed by atoms with Crippen molar-refractivity contribution in [1.82, 2.24) is 0 Å². The van der Waals surface area contributed by atoms with Crippen molar-refractivity contribution < 1.29 is 4.79 Å². The zero-order valence-corrected chi connectivity index (χ0v) is 11.5. The highest BCUT2D eigenvalue weighted by Crippen LogP contribution is 2.35. The van der Waals surface area contributed by atoms with Gasteiger partial charge in [-0.1, -0.05) is 50.4 Å². The number of benzene rings is 1. The summed E-state index contributed by atoms with van der Waals surface area (Å²) in [6.07, 6.45) is 6.35. The normalized spacial score (nSPS) is 15.1. The van der Waals surface area contributed by atoms with Crippen molar-refractivity contribution in [2.45, 2.75) is 20.3 Å². The third-order valence-corrected chi connectivity index (χ3v) is 3.46. The molecule has 0 saturated carbocycles. The summed E-state index contributed by atoms with van der Waals surface area (Å²) in [7, 11) is 0. The van der Waals surface area contributed by atoms with Crippen LogP contribution in [0.15, 0.2) is 60.7 Å². The van der Waals surface area contributed by atoms with Gasteiger partial charge in [-0.2, -0.15) is 0 Å². The number of Topliss-reactive ketones (excluding diaryl/α,β-unsaturated/α-hetero) is 1. The lowest BCUT2D eigenvalue weighted by molar-refractivity contribution is 0.103. The Bertz CT molecular complexity index is 627. The van der Waals surface area contributed by atoms with Gasteiger partial charge in [0.1, 0.15) is 0 Å². The number of aryl methyl sites for hydroxylation is 1. The van der Waals surface area contributed by atoms with Crippen molar-refractivity contribution in [2.24, 2.45) is 0 Å². The number of carbonyl (C=O) groups excluding carboxylic acids is 1. The zero-order chi connectivity index (χ0) is 14.0. The molecule has 1 aromatic carbocycles. The first kappa shape index (κ1) is 13.3. The van der Waals surface area contributed by atoms with E-state index in [4.69, 9.17) is 0 Å². The zero-order valence-electron chi connectivity index (χ0n) is 11.5. The second kappa shape index (κ2) is 5.23. The number of hydrogen-bond acceptors (Lipinski definition) is 1. The first-order chi connectivity index (χ1) is 9.13. The summed E-state index contributed by atoms with van der Waals surface area (Å²) in [6, 6.07) is 6.02. The van der Waals surface area contributed by atoms with Crippen molar-refractivity contribution in [3.05, 3.63) is 77.4 Å². The molecule has 0 spiro atoms. The third-order valence-electron chi connectivity index (χ3n) is 3.46. The van der Waals surface area contributed by atoms with Crippen molar-refractivity contribution in [2.75, 3.05) is 0 Å². The van der Waals surface area contributed by atoms with Crippen LogP contribution in [0.4, 0.5) is 0 Å². The van der Waals surface area contributed by atoms with Crippen LogP contribution in [-0.4, -0.2) is 5.78 Å². The number of carbonyl (C=O) groups is 1. The molecule has 0 amide bonds. The van der Waals surface area contributed by atoms with Crippen molar-refractivity contribution in [1.29, 1.82) is 0 Å². The lowest BCUT2D eigenvalue weighted by atomic mass is 9.81. The van der Waals surface area contributed by atoms with Gasteiger partial charge >= 0.3 is 0 Å². The molecule has 0 bridgehead atoms. The molecule has 19 heavy (non-hydrogen) atoms. The molecule has 2 rings (SSSR count).